The zero-order valence-electron chi connectivity index (χ0n) is 4.94. The fourth-order valence-electron chi connectivity index (χ4n) is 0.556. The van der Waals surface area contributed by atoms with Crippen molar-refractivity contribution in [2.24, 2.45) is 0 Å². The average molecular weight is 239 g/mol. The van der Waals surface area contributed by atoms with E-state index in [2.05, 4.69) is 28.6 Å². The summed E-state index contributed by atoms with van der Waals surface area (Å²) in [6.07, 6.45) is 0. The zero-order valence-corrected chi connectivity index (χ0v) is 8.17. The summed E-state index contributed by atoms with van der Waals surface area (Å²) in [7, 11) is 0. The minimum absolute atomic E-state index is 0.513. The fourth-order valence-corrected chi connectivity index (χ4v) is 1.32. The molecule has 1 aromatic rings. The van der Waals surface area contributed by atoms with E-state index >= 15 is 0 Å². The molecule has 0 aliphatic rings. The third-order valence-corrected chi connectivity index (χ3v) is 2.80. The molecule has 54 valence electrons. The molecule has 0 radical (unpaired) electrons. The van der Waals surface area contributed by atoms with Crippen LogP contribution in [-0.4, -0.2) is 0 Å². The predicted octanol–water partition coefficient (Wildman–Crippen LogP) is 2.97. The predicted molar refractivity (Wildman–Crippen MR) is 50.8 cm³/mol. The SMILES string of the molecule is Nc1c(S)ccc(Br)c1Cl. The lowest BCUT2D eigenvalue weighted by Crippen LogP contribution is -1.88. The van der Waals surface area contributed by atoms with Gasteiger partial charge >= 0.3 is 0 Å². The molecule has 0 unspecified atom stereocenters. The average Bonchev–Trinajstić information content (AvgIpc) is 1.93. The molecule has 1 aromatic carbocycles. The van der Waals surface area contributed by atoms with E-state index in [9.17, 15) is 0 Å². The van der Waals surface area contributed by atoms with Crippen LogP contribution in [0.4, 0.5) is 5.69 Å². The molecule has 0 bridgehead atoms. The summed E-state index contributed by atoms with van der Waals surface area (Å²) < 4.78 is 0.796. The van der Waals surface area contributed by atoms with Crippen molar-refractivity contribution >= 4 is 45.8 Å². The molecule has 0 aliphatic carbocycles. The monoisotopic (exact) mass is 237 g/mol. The van der Waals surface area contributed by atoms with E-state index in [1.54, 1.807) is 12.1 Å². The summed E-state index contributed by atoms with van der Waals surface area (Å²) in [6.45, 7) is 0. The second-order valence-corrected chi connectivity index (χ2v) is 3.51. The Morgan fingerprint density at radius 2 is 2.10 bits per heavy atom. The topological polar surface area (TPSA) is 26.0 Å². The highest BCUT2D eigenvalue weighted by atomic mass is 79.9. The van der Waals surface area contributed by atoms with Gasteiger partial charge < -0.3 is 5.73 Å². The summed E-state index contributed by atoms with van der Waals surface area (Å²) in [5.41, 5.74) is 6.06. The molecule has 0 amide bonds. The molecule has 0 aromatic heterocycles. The number of nitrogens with two attached hydrogens (primary N) is 1. The van der Waals surface area contributed by atoms with Gasteiger partial charge in [-0.2, -0.15) is 0 Å². The molecule has 0 saturated carbocycles. The molecule has 1 nitrogen and oxygen atoms in total. The van der Waals surface area contributed by atoms with E-state index in [0.29, 0.717) is 15.6 Å². The second kappa shape index (κ2) is 3.03. The van der Waals surface area contributed by atoms with Crippen molar-refractivity contribution < 1.29 is 0 Å². The third-order valence-electron chi connectivity index (χ3n) is 1.11. The molecular formula is C6H5BrClNS. The first-order valence-corrected chi connectivity index (χ1v) is 4.17. The van der Waals surface area contributed by atoms with Gasteiger partial charge in [-0.1, -0.05) is 11.6 Å². The Kier molecular flexibility index (Phi) is 2.50. The van der Waals surface area contributed by atoms with E-state index in [4.69, 9.17) is 17.3 Å². The largest absolute Gasteiger partial charge is 0.397 e. The van der Waals surface area contributed by atoms with Crippen LogP contribution < -0.4 is 5.73 Å². The normalized spacial score (nSPS) is 9.90. The van der Waals surface area contributed by atoms with Crippen LogP contribution in [0.5, 0.6) is 0 Å². The standard InChI is InChI=1S/C6H5BrClNS/c7-3-1-2-4(10)6(9)5(3)8/h1-2,10H,9H2. The Morgan fingerprint density at radius 3 is 2.60 bits per heavy atom. The van der Waals surface area contributed by atoms with Gasteiger partial charge in [0.25, 0.3) is 0 Å². The molecule has 0 saturated heterocycles. The number of nitrogen functional groups attached to an aromatic ring is 1. The van der Waals surface area contributed by atoms with E-state index in [0.717, 1.165) is 4.47 Å². The number of benzene rings is 1. The van der Waals surface area contributed by atoms with Gasteiger partial charge in [0.2, 0.25) is 0 Å². The van der Waals surface area contributed by atoms with Gasteiger partial charge in [0, 0.05) is 9.37 Å². The number of hydrogen-bond acceptors (Lipinski definition) is 2. The van der Waals surface area contributed by atoms with Gasteiger partial charge in [0.15, 0.2) is 0 Å². The molecular weight excluding hydrogens is 233 g/mol. The van der Waals surface area contributed by atoms with Crippen molar-refractivity contribution in [1.29, 1.82) is 0 Å². The first-order chi connectivity index (χ1) is 4.63. The van der Waals surface area contributed by atoms with Crippen molar-refractivity contribution in [3.8, 4) is 0 Å². The molecule has 0 fully saturated rings. The van der Waals surface area contributed by atoms with Crippen LogP contribution in [0.25, 0.3) is 0 Å². The summed E-state index contributed by atoms with van der Waals surface area (Å²) in [5, 5.41) is 0.521. The molecule has 2 N–H and O–H groups in total. The summed E-state index contributed by atoms with van der Waals surface area (Å²) in [4.78, 5) is 0.702. The van der Waals surface area contributed by atoms with Gasteiger partial charge in [-0.15, -0.1) is 12.6 Å². The Hall–Kier alpha value is 0.140. The lowest BCUT2D eigenvalue weighted by atomic mass is 10.3. The molecule has 1 rings (SSSR count). The van der Waals surface area contributed by atoms with E-state index in [1.165, 1.54) is 0 Å². The quantitative estimate of drug-likeness (QED) is 0.527. The Morgan fingerprint density at radius 1 is 1.50 bits per heavy atom. The molecule has 0 spiro atoms. The van der Waals surface area contributed by atoms with Crippen LogP contribution in [0.15, 0.2) is 21.5 Å². The first kappa shape index (κ1) is 8.24. The van der Waals surface area contributed by atoms with Crippen molar-refractivity contribution in [3.05, 3.63) is 21.6 Å². The summed E-state index contributed by atoms with van der Waals surface area (Å²) >= 11 is 13.1. The van der Waals surface area contributed by atoms with E-state index in [1.807, 2.05) is 0 Å². The maximum Gasteiger partial charge on any atom is 0.0788 e. The zero-order chi connectivity index (χ0) is 7.72. The lowest BCUT2D eigenvalue weighted by molar-refractivity contribution is 1.45. The third kappa shape index (κ3) is 1.41. The highest BCUT2D eigenvalue weighted by Gasteiger charge is 2.02. The smallest absolute Gasteiger partial charge is 0.0788 e. The lowest BCUT2D eigenvalue weighted by Gasteiger charge is -2.01. The van der Waals surface area contributed by atoms with Crippen LogP contribution in [0.2, 0.25) is 5.02 Å². The van der Waals surface area contributed by atoms with Crippen LogP contribution in [-0.2, 0) is 0 Å². The first-order valence-electron chi connectivity index (χ1n) is 2.55. The van der Waals surface area contributed by atoms with Gasteiger partial charge in [-0.25, -0.2) is 0 Å². The Balaban J connectivity index is 3.34. The van der Waals surface area contributed by atoms with Gasteiger partial charge in [0.05, 0.1) is 10.7 Å². The van der Waals surface area contributed by atoms with E-state index in [-0.39, 0.29) is 0 Å². The minimum Gasteiger partial charge on any atom is -0.397 e. The number of halogens is 2. The molecule has 0 aliphatic heterocycles. The Bertz CT molecular complexity index is 237. The second-order valence-electron chi connectivity index (χ2n) is 1.79. The molecule has 0 atom stereocenters. The van der Waals surface area contributed by atoms with Crippen molar-refractivity contribution in [2.45, 2.75) is 4.90 Å². The van der Waals surface area contributed by atoms with Crippen molar-refractivity contribution in [1.82, 2.24) is 0 Å². The highest BCUT2D eigenvalue weighted by Crippen LogP contribution is 2.32. The number of rotatable bonds is 0. The number of hydrogen-bond donors (Lipinski definition) is 2. The molecule has 4 heteroatoms. The number of anilines is 1. The number of thiol groups is 1. The van der Waals surface area contributed by atoms with Crippen LogP contribution in [0.3, 0.4) is 0 Å². The Labute approximate surface area is 78.1 Å². The highest BCUT2D eigenvalue weighted by molar-refractivity contribution is 9.10. The van der Waals surface area contributed by atoms with Gasteiger partial charge in [-0.05, 0) is 28.1 Å². The maximum absolute atomic E-state index is 5.76. The van der Waals surface area contributed by atoms with Crippen molar-refractivity contribution in [3.63, 3.8) is 0 Å². The van der Waals surface area contributed by atoms with Crippen LogP contribution in [0, 0.1) is 0 Å². The minimum atomic E-state index is 0.513. The van der Waals surface area contributed by atoms with Crippen LogP contribution >= 0.6 is 40.2 Å². The molecule has 10 heavy (non-hydrogen) atoms. The van der Waals surface area contributed by atoms with Crippen molar-refractivity contribution in [2.75, 3.05) is 5.73 Å². The fraction of sp³-hybridized carbons (Fsp3) is 0. The van der Waals surface area contributed by atoms with Gasteiger partial charge in [-0.3, -0.25) is 0 Å². The maximum atomic E-state index is 5.76. The van der Waals surface area contributed by atoms with Crippen LogP contribution in [0.1, 0.15) is 0 Å². The summed E-state index contributed by atoms with van der Waals surface area (Å²) in [5.74, 6) is 0. The molecule has 0 heterocycles. The van der Waals surface area contributed by atoms with E-state index < -0.39 is 0 Å². The van der Waals surface area contributed by atoms with Gasteiger partial charge in [0.1, 0.15) is 0 Å². The summed E-state index contributed by atoms with van der Waals surface area (Å²) in [6, 6.07) is 3.59.